The number of carbonyl (C=O) groups excluding carboxylic acids is 1. The number of nitrogens with zero attached hydrogens (tertiary/aromatic N) is 2. The molecule has 1 unspecified atom stereocenters. The molecule has 1 aliphatic rings. The molecule has 9 heteroatoms. The molecule has 1 aromatic carbocycles. The van der Waals surface area contributed by atoms with Crippen LogP contribution >= 0.6 is 11.6 Å². The van der Waals surface area contributed by atoms with E-state index in [1.165, 1.54) is 12.1 Å². The molecule has 0 saturated carbocycles. The number of amides is 1. The minimum Gasteiger partial charge on any atom is -0.480 e. The number of piperazine rings is 1. The maximum absolute atomic E-state index is 12.4. The lowest BCUT2D eigenvalue weighted by Crippen LogP contribution is -2.57. The SMILES string of the molecule is O=C(O)C1CNCCN1C(=O)c1ccc(Cl)cc1[N+](=O)[O-]. The van der Waals surface area contributed by atoms with Gasteiger partial charge < -0.3 is 15.3 Å². The van der Waals surface area contributed by atoms with Crippen LogP contribution in [0, 0.1) is 10.1 Å². The summed E-state index contributed by atoms with van der Waals surface area (Å²) in [7, 11) is 0. The molecule has 2 N–H and O–H groups in total. The summed E-state index contributed by atoms with van der Waals surface area (Å²) in [5.74, 6) is -1.85. The summed E-state index contributed by atoms with van der Waals surface area (Å²) in [4.78, 5) is 35.1. The van der Waals surface area contributed by atoms with E-state index in [2.05, 4.69) is 5.32 Å². The van der Waals surface area contributed by atoms with E-state index in [9.17, 15) is 19.7 Å². The molecule has 8 nitrogen and oxygen atoms in total. The van der Waals surface area contributed by atoms with Crippen LogP contribution in [0.15, 0.2) is 18.2 Å². The normalized spacial score (nSPS) is 18.3. The monoisotopic (exact) mass is 313 g/mol. The Labute approximate surface area is 124 Å². The second-order valence-corrected chi connectivity index (χ2v) is 4.91. The van der Waals surface area contributed by atoms with E-state index in [1.807, 2.05) is 0 Å². The average Bonchev–Trinajstić information content (AvgIpc) is 2.46. The Balaban J connectivity index is 2.39. The fourth-order valence-corrected chi connectivity index (χ4v) is 2.33. The first-order valence-corrected chi connectivity index (χ1v) is 6.48. The van der Waals surface area contributed by atoms with Gasteiger partial charge in [-0.1, -0.05) is 11.6 Å². The van der Waals surface area contributed by atoms with E-state index in [-0.39, 0.29) is 23.7 Å². The van der Waals surface area contributed by atoms with E-state index < -0.39 is 28.5 Å². The van der Waals surface area contributed by atoms with Crippen LogP contribution in [0.25, 0.3) is 0 Å². The van der Waals surface area contributed by atoms with Gasteiger partial charge in [0.2, 0.25) is 0 Å². The fourth-order valence-electron chi connectivity index (χ4n) is 2.16. The summed E-state index contributed by atoms with van der Waals surface area (Å²) in [5.41, 5.74) is -0.604. The first-order chi connectivity index (χ1) is 9.91. The quantitative estimate of drug-likeness (QED) is 0.629. The lowest BCUT2D eigenvalue weighted by atomic mass is 10.1. The van der Waals surface area contributed by atoms with E-state index in [0.29, 0.717) is 6.54 Å². The lowest BCUT2D eigenvalue weighted by molar-refractivity contribution is -0.385. The molecule has 0 aliphatic carbocycles. The Kier molecular flexibility index (Phi) is 4.39. The third-order valence-electron chi connectivity index (χ3n) is 3.18. The predicted molar refractivity (Wildman–Crippen MR) is 73.4 cm³/mol. The van der Waals surface area contributed by atoms with Crippen LogP contribution in [-0.4, -0.2) is 52.5 Å². The highest BCUT2D eigenvalue weighted by atomic mass is 35.5. The number of nitro groups is 1. The topological polar surface area (TPSA) is 113 Å². The number of benzene rings is 1. The van der Waals surface area contributed by atoms with Crippen LogP contribution in [0.3, 0.4) is 0 Å². The number of carbonyl (C=O) groups is 2. The molecule has 1 aliphatic heterocycles. The number of aliphatic carboxylic acids is 1. The molecule has 2 rings (SSSR count). The number of carboxylic acids is 1. The van der Waals surface area contributed by atoms with Crippen molar-refractivity contribution in [3.05, 3.63) is 38.9 Å². The molecule has 1 saturated heterocycles. The molecular formula is C12H12ClN3O5. The highest BCUT2D eigenvalue weighted by molar-refractivity contribution is 6.31. The summed E-state index contributed by atoms with van der Waals surface area (Å²) < 4.78 is 0. The van der Waals surface area contributed by atoms with Crippen molar-refractivity contribution in [2.45, 2.75) is 6.04 Å². The highest BCUT2D eigenvalue weighted by Crippen LogP contribution is 2.25. The molecule has 112 valence electrons. The molecular weight excluding hydrogens is 302 g/mol. The Hall–Kier alpha value is -2.19. The molecule has 0 aromatic heterocycles. The van der Waals surface area contributed by atoms with Gasteiger partial charge >= 0.3 is 5.97 Å². The van der Waals surface area contributed by atoms with Crippen LogP contribution < -0.4 is 5.32 Å². The standard InChI is InChI=1S/C12H12ClN3O5/c13-7-1-2-8(9(5-7)16(20)21)11(17)15-4-3-14-6-10(15)12(18)19/h1-2,5,10,14H,3-4,6H2,(H,18,19). The number of nitrogens with one attached hydrogen (secondary N) is 1. The number of rotatable bonds is 3. The number of halogens is 1. The molecule has 1 fully saturated rings. The first-order valence-electron chi connectivity index (χ1n) is 6.10. The summed E-state index contributed by atoms with van der Waals surface area (Å²) in [5, 5.41) is 23.2. The third-order valence-corrected chi connectivity index (χ3v) is 3.41. The Morgan fingerprint density at radius 3 is 2.81 bits per heavy atom. The summed E-state index contributed by atoms with van der Waals surface area (Å²) in [6.45, 7) is 0.689. The van der Waals surface area contributed by atoms with Gasteiger partial charge in [-0.05, 0) is 12.1 Å². The zero-order chi connectivity index (χ0) is 15.6. The Bertz CT molecular complexity index is 607. The summed E-state index contributed by atoms with van der Waals surface area (Å²) in [6.07, 6.45) is 0. The largest absolute Gasteiger partial charge is 0.480 e. The van der Waals surface area contributed by atoms with Crippen molar-refractivity contribution >= 4 is 29.2 Å². The lowest BCUT2D eigenvalue weighted by Gasteiger charge is -2.33. The number of hydrogen-bond acceptors (Lipinski definition) is 5. The van der Waals surface area contributed by atoms with Crippen molar-refractivity contribution in [3.63, 3.8) is 0 Å². The van der Waals surface area contributed by atoms with Gasteiger partial charge in [-0.3, -0.25) is 14.9 Å². The smallest absolute Gasteiger partial charge is 0.327 e. The number of carboxylic acid groups (broad SMARTS) is 1. The van der Waals surface area contributed by atoms with Gasteiger partial charge in [-0.25, -0.2) is 4.79 Å². The zero-order valence-electron chi connectivity index (χ0n) is 10.8. The van der Waals surface area contributed by atoms with Gasteiger partial charge in [-0.2, -0.15) is 0 Å². The second-order valence-electron chi connectivity index (χ2n) is 4.48. The van der Waals surface area contributed by atoms with E-state index in [4.69, 9.17) is 16.7 Å². The number of nitro benzene ring substituents is 1. The van der Waals surface area contributed by atoms with Crippen molar-refractivity contribution in [3.8, 4) is 0 Å². The summed E-state index contributed by atoms with van der Waals surface area (Å²) >= 11 is 5.70. The highest BCUT2D eigenvalue weighted by Gasteiger charge is 2.35. The summed E-state index contributed by atoms with van der Waals surface area (Å²) in [6, 6.07) is 2.62. The fraction of sp³-hybridized carbons (Fsp3) is 0.333. The van der Waals surface area contributed by atoms with Crippen molar-refractivity contribution in [2.75, 3.05) is 19.6 Å². The van der Waals surface area contributed by atoms with Crippen molar-refractivity contribution in [1.82, 2.24) is 10.2 Å². The molecule has 0 bridgehead atoms. The molecule has 0 spiro atoms. The average molecular weight is 314 g/mol. The minimum absolute atomic E-state index is 0.0997. The van der Waals surface area contributed by atoms with Crippen molar-refractivity contribution < 1.29 is 19.6 Å². The maximum atomic E-state index is 12.4. The van der Waals surface area contributed by atoms with E-state index >= 15 is 0 Å². The zero-order valence-corrected chi connectivity index (χ0v) is 11.5. The molecule has 0 radical (unpaired) electrons. The van der Waals surface area contributed by atoms with Gasteiger partial charge in [0, 0.05) is 30.7 Å². The predicted octanol–water partition coefficient (Wildman–Crippen LogP) is 0.747. The third kappa shape index (κ3) is 3.11. The molecule has 1 atom stereocenters. The van der Waals surface area contributed by atoms with Gasteiger partial charge in [0.25, 0.3) is 11.6 Å². The van der Waals surface area contributed by atoms with E-state index in [1.54, 1.807) is 0 Å². The van der Waals surface area contributed by atoms with Crippen LogP contribution in [0.1, 0.15) is 10.4 Å². The van der Waals surface area contributed by atoms with Crippen LogP contribution in [-0.2, 0) is 4.79 Å². The van der Waals surface area contributed by atoms with Gasteiger partial charge in [0.15, 0.2) is 0 Å². The second kappa shape index (κ2) is 6.06. The van der Waals surface area contributed by atoms with Crippen LogP contribution in [0.5, 0.6) is 0 Å². The Morgan fingerprint density at radius 1 is 1.48 bits per heavy atom. The van der Waals surface area contributed by atoms with Crippen LogP contribution in [0.2, 0.25) is 5.02 Å². The Morgan fingerprint density at radius 2 is 2.19 bits per heavy atom. The first kappa shape index (κ1) is 15.2. The minimum atomic E-state index is -1.16. The van der Waals surface area contributed by atoms with E-state index in [0.717, 1.165) is 11.0 Å². The van der Waals surface area contributed by atoms with Gasteiger partial charge in [0.05, 0.1) is 4.92 Å². The molecule has 1 aromatic rings. The molecule has 21 heavy (non-hydrogen) atoms. The van der Waals surface area contributed by atoms with Gasteiger partial charge in [0.1, 0.15) is 11.6 Å². The number of hydrogen-bond donors (Lipinski definition) is 2. The van der Waals surface area contributed by atoms with Crippen molar-refractivity contribution in [2.24, 2.45) is 0 Å². The maximum Gasteiger partial charge on any atom is 0.327 e. The van der Waals surface area contributed by atoms with Crippen molar-refractivity contribution in [1.29, 1.82) is 0 Å². The molecule has 1 amide bonds. The van der Waals surface area contributed by atoms with Gasteiger partial charge in [-0.15, -0.1) is 0 Å². The van der Waals surface area contributed by atoms with Crippen LogP contribution in [0.4, 0.5) is 5.69 Å². The molecule has 1 heterocycles.